The fourth-order valence-electron chi connectivity index (χ4n) is 2.94. The Morgan fingerprint density at radius 1 is 1.07 bits per heavy atom. The molecule has 2 aromatic carbocycles. The second-order valence-corrected chi connectivity index (χ2v) is 6.93. The Kier molecular flexibility index (Phi) is 6.98. The van der Waals surface area contributed by atoms with Crippen molar-refractivity contribution in [2.45, 2.75) is 19.0 Å². The van der Waals surface area contributed by atoms with Crippen molar-refractivity contribution in [3.05, 3.63) is 87.7 Å². The molecule has 0 saturated carbocycles. The fourth-order valence-corrected chi connectivity index (χ4v) is 3.17. The molecule has 7 nitrogen and oxygen atoms in total. The Balaban J connectivity index is 1.77. The molecular formula is C22H20ClN3O4. The summed E-state index contributed by atoms with van der Waals surface area (Å²) in [5, 5.41) is 7.35. The van der Waals surface area contributed by atoms with Gasteiger partial charge in [-0.1, -0.05) is 60.1 Å². The minimum Gasteiger partial charge on any atom is -0.467 e. The molecule has 0 unspecified atom stereocenters. The van der Waals surface area contributed by atoms with Gasteiger partial charge in [0.2, 0.25) is 5.91 Å². The first-order valence-electron chi connectivity index (χ1n) is 9.22. The van der Waals surface area contributed by atoms with Gasteiger partial charge in [-0.3, -0.25) is 9.59 Å². The average Bonchev–Trinajstić information content (AvgIpc) is 2.75. The first-order chi connectivity index (χ1) is 14.5. The summed E-state index contributed by atoms with van der Waals surface area (Å²) in [7, 11) is 1.26. The van der Waals surface area contributed by atoms with Gasteiger partial charge in [-0.05, 0) is 17.7 Å². The fraction of sp³-hybridized carbons (Fsp3) is 0.182. The number of carbonyl (C=O) groups is 2. The van der Waals surface area contributed by atoms with Gasteiger partial charge in [0.1, 0.15) is 12.6 Å². The van der Waals surface area contributed by atoms with E-state index in [0.717, 1.165) is 10.2 Å². The van der Waals surface area contributed by atoms with Crippen molar-refractivity contribution in [2.24, 2.45) is 0 Å². The van der Waals surface area contributed by atoms with E-state index in [1.165, 1.54) is 13.2 Å². The van der Waals surface area contributed by atoms with E-state index < -0.39 is 23.5 Å². The van der Waals surface area contributed by atoms with Gasteiger partial charge in [0.25, 0.3) is 5.56 Å². The Morgan fingerprint density at radius 2 is 1.77 bits per heavy atom. The van der Waals surface area contributed by atoms with E-state index in [1.807, 2.05) is 30.3 Å². The molecule has 0 fully saturated rings. The molecular weight excluding hydrogens is 406 g/mol. The average molecular weight is 426 g/mol. The predicted molar refractivity (Wildman–Crippen MR) is 113 cm³/mol. The topological polar surface area (TPSA) is 90.3 Å². The third kappa shape index (κ3) is 5.33. The van der Waals surface area contributed by atoms with Crippen LogP contribution in [0.5, 0.6) is 0 Å². The lowest BCUT2D eigenvalue weighted by atomic mass is 10.1. The molecule has 0 aliphatic carbocycles. The Hall–Kier alpha value is -3.45. The Labute approximate surface area is 178 Å². The van der Waals surface area contributed by atoms with Crippen LogP contribution in [0, 0.1) is 0 Å². The zero-order chi connectivity index (χ0) is 21.5. The van der Waals surface area contributed by atoms with Crippen LogP contribution in [-0.4, -0.2) is 34.8 Å². The van der Waals surface area contributed by atoms with E-state index in [1.54, 1.807) is 30.3 Å². The second-order valence-electron chi connectivity index (χ2n) is 6.53. The number of esters is 1. The third-order valence-electron chi connectivity index (χ3n) is 4.41. The van der Waals surface area contributed by atoms with Gasteiger partial charge in [0.15, 0.2) is 0 Å². The highest BCUT2D eigenvalue weighted by Crippen LogP contribution is 2.24. The van der Waals surface area contributed by atoms with Gasteiger partial charge >= 0.3 is 5.97 Å². The lowest BCUT2D eigenvalue weighted by Crippen LogP contribution is -2.45. The zero-order valence-electron chi connectivity index (χ0n) is 16.2. The lowest BCUT2D eigenvalue weighted by Gasteiger charge is -2.17. The summed E-state index contributed by atoms with van der Waals surface area (Å²) in [6.45, 7) is -0.348. The van der Waals surface area contributed by atoms with Crippen LogP contribution in [0.3, 0.4) is 0 Å². The van der Waals surface area contributed by atoms with E-state index >= 15 is 0 Å². The van der Waals surface area contributed by atoms with E-state index in [4.69, 9.17) is 16.3 Å². The molecule has 1 aromatic heterocycles. The highest BCUT2D eigenvalue weighted by Gasteiger charge is 2.22. The van der Waals surface area contributed by atoms with Crippen LogP contribution in [0.4, 0.5) is 0 Å². The SMILES string of the molecule is COC(=O)[C@H](Cc1ccccc1)NC(=O)Cn1nc(-c2ccccc2Cl)ccc1=O. The monoisotopic (exact) mass is 425 g/mol. The molecule has 154 valence electrons. The van der Waals surface area contributed by atoms with Crippen LogP contribution in [-0.2, 0) is 27.3 Å². The summed E-state index contributed by atoms with van der Waals surface area (Å²) in [4.78, 5) is 36.9. The number of nitrogens with one attached hydrogen (secondary N) is 1. The van der Waals surface area contributed by atoms with Crippen molar-refractivity contribution in [1.82, 2.24) is 15.1 Å². The number of halogens is 1. The number of ether oxygens (including phenoxy) is 1. The maximum Gasteiger partial charge on any atom is 0.328 e. The number of rotatable bonds is 7. The van der Waals surface area contributed by atoms with Crippen molar-refractivity contribution in [3.8, 4) is 11.3 Å². The first-order valence-corrected chi connectivity index (χ1v) is 9.60. The standard InChI is InChI=1S/C22H20ClN3O4/c1-30-22(29)19(13-15-7-3-2-4-8-15)24-20(27)14-26-21(28)12-11-18(25-26)16-9-5-6-10-17(16)23/h2-12,19H,13-14H2,1H3,(H,24,27)/t19-/m0/s1. The molecule has 1 atom stereocenters. The van der Waals surface area contributed by atoms with Crippen molar-refractivity contribution in [2.75, 3.05) is 7.11 Å². The minimum absolute atomic E-state index is 0.265. The van der Waals surface area contributed by atoms with E-state index in [-0.39, 0.29) is 13.0 Å². The summed E-state index contributed by atoms with van der Waals surface area (Å²) in [6, 6.07) is 18.3. The summed E-state index contributed by atoms with van der Waals surface area (Å²) in [6.07, 6.45) is 0.265. The zero-order valence-corrected chi connectivity index (χ0v) is 17.0. The summed E-state index contributed by atoms with van der Waals surface area (Å²) in [5.74, 6) is -1.11. The van der Waals surface area contributed by atoms with Crippen LogP contribution in [0.1, 0.15) is 5.56 Å². The van der Waals surface area contributed by atoms with E-state index in [2.05, 4.69) is 10.4 Å². The predicted octanol–water partition coefficient (Wildman–Crippen LogP) is 2.46. The highest BCUT2D eigenvalue weighted by atomic mass is 35.5. The van der Waals surface area contributed by atoms with Crippen LogP contribution in [0.25, 0.3) is 11.3 Å². The maximum atomic E-state index is 12.6. The van der Waals surface area contributed by atoms with Crippen molar-refractivity contribution in [3.63, 3.8) is 0 Å². The number of hydrogen-bond donors (Lipinski definition) is 1. The molecule has 1 amide bonds. The molecule has 8 heteroatoms. The molecule has 0 aliphatic heterocycles. The first kappa shape index (κ1) is 21.3. The van der Waals surface area contributed by atoms with Gasteiger partial charge in [-0.25, -0.2) is 9.48 Å². The van der Waals surface area contributed by atoms with Crippen molar-refractivity contribution < 1.29 is 14.3 Å². The number of methoxy groups -OCH3 is 1. The quantitative estimate of drug-likeness (QED) is 0.587. The summed E-state index contributed by atoms with van der Waals surface area (Å²) >= 11 is 6.20. The molecule has 1 heterocycles. The molecule has 0 aliphatic rings. The Morgan fingerprint density at radius 3 is 2.47 bits per heavy atom. The number of amides is 1. The van der Waals surface area contributed by atoms with Crippen LogP contribution in [0.2, 0.25) is 5.02 Å². The van der Waals surface area contributed by atoms with Gasteiger partial charge in [0, 0.05) is 18.1 Å². The van der Waals surface area contributed by atoms with Gasteiger partial charge < -0.3 is 10.1 Å². The second kappa shape index (κ2) is 9.84. The molecule has 0 spiro atoms. The molecule has 30 heavy (non-hydrogen) atoms. The van der Waals surface area contributed by atoms with Crippen LogP contribution < -0.4 is 10.9 Å². The third-order valence-corrected chi connectivity index (χ3v) is 4.74. The number of carbonyl (C=O) groups excluding carboxylic acids is 2. The van der Waals surface area contributed by atoms with Gasteiger partial charge in [-0.2, -0.15) is 5.10 Å². The Bertz CT molecular complexity index is 1100. The molecule has 1 N–H and O–H groups in total. The minimum atomic E-state index is -0.882. The molecule has 0 saturated heterocycles. The number of nitrogens with zero attached hydrogens (tertiary/aromatic N) is 2. The van der Waals surface area contributed by atoms with E-state index in [9.17, 15) is 14.4 Å². The lowest BCUT2D eigenvalue weighted by molar-refractivity contribution is -0.145. The van der Waals surface area contributed by atoms with Crippen LogP contribution in [0.15, 0.2) is 71.5 Å². The maximum absolute atomic E-state index is 12.6. The number of hydrogen-bond acceptors (Lipinski definition) is 5. The summed E-state index contributed by atoms with van der Waals surface area (Å²) in [5.41, 5.74) is 1.52. The van der Waals surface area contributed by atoms with Gasteiger partial charge in [0.05, 0.1) is 17.8 Å². The normalized spacial score (nSPS) is 11.5. The molecule has 3 aromatic rings. The van der Waals surface area contributed by atoms with Gasteiger partial charge in [-0.15, -0.1) is 0 Å². The molecule has 3 rings (SSSR count). The highest BCUT2D eigenvalue weighted by molar-refractivity contribution is 6.33. The van der Waals surface area contributed by atoms with Crippen LogP contribution >= 0.6 is 11.6 Å². The smallest absolute Gasteiger partial charge is 0.328 e. The van der Waals surface area contributed by atoms with Crippen molar-refractivity contribution in [1.29, 1.82) is 0 Å². The number of benzene rings is 2. The summed E-state index contributed by atoms with van der Waals surface area (Å²) < 4.78 is 5.83. The van der Waals surface area contributed by atoms with Crippen molar-refractivity contribution >= 4 is 23.5 Å². The largest absolute Gasteiger partial charge is 0.467 e. The van der Waals surface area contributed by atoms with E-state index in [0.29, 0.717) is 16.3 Å². The molecule has 0 bridgehead atoms. The number of aromatic nitrogens is 2. The molecule has 0 radical (unpaired) electrons.